The van der Waals surface area contributed by atoms with Crippen molar-refractivity contribution < 1.29 is 9.53 Å². The van der Waals surface area contributed by atoms with Crippen LogP contribution in [0.3, 0.4) is 0 Å². The van der Waals surface area contributed by atoms with Crippen LogP contribution in [-0.2, 0) is 11.2 Å². The van der Waals surface area contributed by atoms with E-state index in [-0.39, 0.29) is 18.6 Å². The summed E-state index contributed by atoms with van der Waals surface area (Å²) in [5.74, 6) is 0.680. The minimum Gasteiger partial charge on any atom is -0.482 e. The molecule has 1 heterocycles. The van der Waals surface area contributed by atoms with Crippen molar-refractivity contribution in [2.45, 2.75) is 45.7 Å². The van der Waals surface area contributed by atoms with E-state index in [0.717, 1.165) is 24.3 Å². The van der Waals surface area contributed by atoms with Gasteiger partial charge in [0.15, 0.2) is 6.61 Å². The number of anilines is 1. The average Bonchev–Trinajstić information content (AvgIpc) is 2.35. The maximum absolute atomic E-state index is 11.6. The molecule has 0 aliphatic carbocycles. The normalized spacial score (nSPS) is 17.6. The summed E-state index contributed by atoms with van der Waals surface area (Å²) in [5, 5.41) is 6.25. The lowest BCUT2D eigenvalue weighted by Crippen LogP contribution is -2.34. The second kappa shape index (κ2) is 5.95. The van der Waals surface area contributed by atoms with Crippen molar-refractivity contribution in [3.05, 3.63) is 23.8 Å². The topological polar surface area (TPSA) is 50.4 Å². The highest BCUT2D eigenvalue weighted by atomic mass is 16.5. The molecule has 0 fully saturated rings. The summed E-state index contributed by atoms with van der Waals surface area (Å²) < 4.78 is 5.64. The molecule has 1 aliphatic rings. The number of carbonyl (C=O) groups excluding carboxylic acids is 1. The molecule has 1 atom stereocenters. The van der Waals surface area contributed by atoms with Crippen molar-refractivity contribution in [1.82, 2.24) is 5.32 Å². The number of amides is 1. The SMILES string of the molecule is CC(C)NC(=O)COc1cccc2c1NC(C)CC2. The Kier molecular flexibility index (Phi) is 4.30. The van der Waals surface area contributed by atoms with Gasteiger partial charge in [-0.2, -0.15) is 0 Å². The first kappa shape index (κ1) is 13.7. The number of aryl methyl sites for hydroxylation is 1. The van der Waals surface area contributed by atoms with Crippen LogP contribution in [0.4, 0.5) is 5.69 Å². The molecule has 0 bridgehead atoms. The Morgan fingerprint density at radius 3 is 3.05 bits per heavy atom. The summed E-state index contributed by atoms with van der Waals surface area (Å²) in [6.45, 7) is 6.09. The van der Waals surface area contributed by atoms with Gasteiger partial charge in [-0.25, -0.2) is 0 Å². The Morgan fingerprint density at radius 1 is 1.53 bits per heavy atom. The first-order chi connectivity index (χ1) is 9.06. The van der Waals surface area contributed by atoms with Crippen molar-refractivity contribution in [3.63, 3.8) is 0 Å². The van der Waals surface area contributed by atoms with Crippen LogP contribution in [0.1, 0.15) is 32.8 Å². The lowest BCUT2D eigenvalue weighted by Gasteiger charge is -2.26. The van der Waals surface area contributed by atoms with Gasteiger partial charge in [-0.15, -0.1) is 0 Å². The number of hydrogen-bond acceptors (Lipinski definition) is 3. The molecule has 1 unspecified atom stereocenters. The molecule has 1 amide bonds. The molecule has 2 rings (SSSR count). The molecule has 4 heteroatoms. The number of benzene rings is 1. The smallest absolute Gasteiger partial charge is 0.258 e. The summed E-state index contributed by atoms with van der Waals surface area (Å²) in [5.41, 5.74) is 2.30. The molecule has 2 N–H and O–H groups in total. The molecular formula is C15H22N2O2. The third-order valence-electron chi connectivity index (χ3n) is 3.16. The Bertz CT molecular complexity index is 457. The Morgan fingerprint density at radius 2 is 2.32 bits per heavy atom. The molecule has 1 aromatic rings. The van der Waals surface area contributed by atoms with E-state index >= 15 is 0 Å². The molecule has 0 spiro atoms. The zero-order valence-electron chi connectivity index (χ0n) is 11.8. The number of nitrogens with one attached hydrogen (secondary N) is 2. The minimum absolute atomic E-state index is 0.0602. The average molecular weight is 262 g/mol. The van der Waals surface area contributed by atoms with Gasteiger partial charge in [0.25, 0.3) is 5.91 Å². The lowest BCUT2D eigenvalue weighted by atomic mass is 9.98. The van der Waals surface area contributed by atoms with Gasteiger partial charge in [-0.3, -0.25) is 4.79 Å². The molecule has 4 nitrogen and oxygen atoms in total. The van der Waals surface area contributed by atoms with Gasteiger partial charge in [-0.1, -0.05) is 12.1 Å². The lowest BCUT2D eigenvalue weighted by molar-refractivity contribution is -0.123. The van der Waals surface area contributed by atoms with Gasteiger partial charge in [-0.05, 0) is 45.2 Å². The van der Waals surface area contributed by atoms with Crippen molar-refractivity contribution >= 4 is 11.6 Å². The fourth-order valence-electron chi connectivity index (χ4n) is 2.27. The minimum atomic E-state index is -0.0866. The number of carbonyl (C=O) groups is 1. The number of fused-ring (bicyclic) bond motifs is 1. The van der Waals surface area contributed by atoms with E-state index in [0.29, 0.717) is 6.04 Å². The predicted molar refractivity (Wildman–Crippen MR) is 76.6 cm³/mol. The molecular weight excluding hydrogens is 240 g/mol. The van der Waals surface area contributed by atoms with Crippen molar-refractivity contribution in [3.8, 4) is 5.75 Å². The molecule has 0 radical (unpaired) electrons. The molecule has 0 saturated carbocycles. The number of para-hydroxylation sites is 1. The third kappa shape index (κ3) is 3.63. The zero-order chi connectivity index (χ0) is 13.8. The van der Waals surface area contributed by atoms with Crippen molar-refractivity contribution in [2.24, 2.45) is 0 Å². The van der Waals surface area contributed by atoms with Crippen LogP contribution in [0.5, 0.6) is 5.75 Å². The van der Waals surface area contributed by atoms with E-state index in [1.54, 1.807) is 0 Å². The maximum Gasteiger partial charge on any atom is 0.258 e. The first-order valence-corrected chi connectivity index (χ1v) is 6.87. The van der Waals surface area contributed by atoms with E-state index in [1.807, 2.05) is 26.0 Å². The molecule has 1 aliphatic heterocycles. The van der Waals surface area contributed by atoms with Crippen LogP contribution in [0, 0.1) is 0 Å². The molecule has 0 saturated heterocycles. The highest BCUT2D eigenvalue weighted by Gasteiger charge is 2.18. The van der Waals surface area contributed by atoms with Crippen LogP contribution >= 0.6 is 0 Å². The van der Waals surface area contributed by atoms with Crippen LogP contribution < -0.4 is 15.4 Å². The zero-order valence-corrected chi connectivity index (χ0v) is 11.8. The van der Waals surface area contributed by atoms with Gasteiger partial charge in [0.2, 0.25) is 0 Å². The van der Waals surface area contributed by atoms with Gasteiger partial charge in [0.05, 0.1) is 5.69 Å². The highest BCUT2D eigenvalue weighted by Crippen LogP contribution is 2.33. The van der Waals surface area contributed by atoms with E-state index in [1.165, 1.54) is 5.56 Å². The Hall–Kier alpha value is -1.71. The molecule has 0 aromatic heterocycles. The van der Waals surface area contributed by atoms with Gasteiger partial charge in [0, 0.05) is 12.1 Å². The standard InChI is InChI=1S/C15H22N2O2/c1-10(2)16-14(18)9-19-13-6-4-5-12-8-7-11(3)17-15(12)13/h4-6,10-11,17H,7-9H2,1-3H3,(H,16,18). The third-order valence-corrected chi connectivity index (χ3v) is 3.16. The number of ether oxygens (including phenoxy) is 1. The predicted octanol–water partition coefficient (Wildman–Crippen LogP) is 2.34. The van der Waals surface area contributed by atoms with Gasteiger partial charge < -0.3 is 15.4 Å². The van der Waals surface area contributed by atoms with Crippen LogP contribution in [0.15, 0.2) is 18.2 Å². The number of hydrogen-bond donors (Lipinski definition) is 2. The Balaban J connectivity index is 2.03. The van der Waals surface area contributed by atoms with E-state index in [2.05, 4.69) is 23.6 Å². The van der Waals surface area contributed by atoms with Gasteiger partial charge in [0.1, 0.15) is 5.75 Å². The quantitative estimate of drug-likeness (QED) is 0.875. The monoisotopic (exact) mass is 262 g/mol. The summed E-state index contributed by atoms with van der Waals surface area (Å²) >= 11 is 0. The fourth-order valence-corrected chi connectivity index (χ4v) is 2.27. The molecule has 19 heavy (non-hydrogen) atoms. The van der Waals surface area contributed by atoms with Crippen molar-refractivity contribution in [1.29, 1.82) is 0 Å². The van der Waals surface area contributed by atoms with E-state index in [9.17, 15) is 4.79 Å². The van der Waals surface area contributed by atoms with E-state index in [4.69, 9.17) is 4.74 Å². The summed E-state index contributed by atoms with van der Waals surface area (Å²) in [6, 6.07) is 6.58. The summed E-state index contributed by atoms with van der Waals surface area (Å²) in [4.78, 5) is 11.6. The molecule has 104 valence electrons. The fraction of sp³-hybridized carbons (Fsp3) is 0.533. The maximum atomic E-state index is 11.6. The first-order valence-electron chi connectivity index (χ1n) is 6.87. The largest absolute Gasteiger partial charge is 0.482 e. The second-order valence-corrected chi connectivity index (χ2v) is 5.39. The van der Waals surface area contributed by atoms with Crippen molar-refractivity contribution in [2.75, 3.05) is 11.9 Å². The van der Waals surface area contributed by atoms with Crippen LogP contribution in [-0.4, -0.2) is 24.6 Å². The summed E-state index contributed by atoms with van der Waals surface area (Å²) in [7, 11) is 0. The second-order valence-electron chi connectivity index (χ2n) is 5.39. The summed E-state index contributed by atoms with van der Waals surface area (Å²) in [6.07, 6.45) is 2.18. The van der Waals surface area contributed by atoms with Crippen LogP contribution in [0.25, 0.3) is 0 Å². The van der Waals surface area contributed by atoms with Gasteiger partial charge >= 0.3 is 0 Å². The van der Waals surface area contributed by atoms with Crippen LogP contribution in [0.2, 0.25) is 0 Å². The van der Waals surface area contributed by atoms with E-state index < -0.39 is 0 Å². The highest BCUT2D eigenvalue weighted by molar-refractivity contribution is 5.78. The number of rotatable bonds is 4. The Labute approximate surface area is 114 Å². The molecule has 1 aromatic carbocycles.